The Bertz CT molecular complexity index is 767. The minimum Gasteiger partial charge on any atom is -0.482 e. The highest BCUT2D eigenvalue weighted by atomic mass is 16.6. The van der Waals surface area contributed by atoms with Crippen molar-refractivity contribution in [3.05, 3.63) is 101 Å². The van der Waals surface area contributed by atoms with Crippen LogP contribution in [0.2, 0.25) is 0 Å². The Hall–Kier alpha value is -3.34. The van der Waals surface area contributed by atoms with Gasteiger partial charge in [0.1, 0.15) is 18.1 Å². The molecule has 0 aromatic heterocycles. The standard InChI is InChI=1S/C19H17NO4.C2H6/c1-3-4-8-15(2)24-17-11-12-18(20(21)22)19(13-17)23-14-16-9-6-5-7-10-16;1-2/h3-13H,1-2,14H2;1-2H3/b8-4-;. The van der Waals surface area contributed by atoms with Gasteiger partial charge in [-0.05, 0) is 17.7 Å². The minimum absolute atomic E-state index is 0.120. The maximum absolute atomic E-state index is 11.2. The van der Waals surface area contributed by atoms with Crippen LogP contribution in [0.1, 0.15) is 19.4 Å². The smallest absolute Gasteiger partial charge is 0.311 e. The lowest BCUT2D eigenvalue weighted by Gasteiger charge is -2.10. The molecule has 136 valence electrons. The third-order valence-corrected chi connectivity index (χ3v) is 3.03. The van der Waals surface area contributed by atoms with Crippen LogP contribution >= 0.6 is 0 Å². The molecule has 0 aliphatic heterocycles. The van der Waals surface area contributed by atoms with E-state index in [1.807, 2.05) is 44.2 Å². The summed E-state index contributed by atoms with van der Waals surface area (Å²) in [6, 6.07) is 13.7. The molecule has 5 nitrogen and oxygen atoms in total. The molecule has 0 unspecified atom stereocenters. The molecule has 0 saturated heterocycles. The molecule has 5 heteroatoms. The second-order valence-electron chi connectivity index (χ2n) is 4.82. The van der Waals surface area contributed by atoms with Gasteiger partial charge in [-0.15, -0.1) is 0 Å². The highest BCUT2D eigenvalue weighted by Crippen LogP contribution is 2.32. The number of hydrogen-bond acceptors (Lipinski definition) is 4. The van der Waals surface area contributed by atoms with Crippen LogP contribution in [0.3, 0.4) is 0 Å². The highest BCUT2D eigenvalue weighted by molar-refractivity contribution is 5.51. The first kappa shape index (κ1) is 20.7. The van der Waals surface area contributed by atoms with Gasteiger partial charge >= 0.3 is 5.69 Å². The van der Waals surface area contributed by atoms with Crippen molar-refractivity contribution in [2.75, 3.05) is 0 Å². The van der Waals surface area contributed by atoms with Gasteiger partial charge in [0.15, 0.2) is 0 Å². The summed E-state index contributed by atoms with van der Waals surface area (Å²) in [4.78, 5) is 10.7. The van der Waals surface area contributed by atoms with Crippen LogP contribution in [0, 0.1) is 10.1 Å². The Kier molecular flexibility index (Phi) is 8.96. The molecule has 26 heavy (non-hydrogen) atoms. The molecule has 0 aliphatic carbocycles. The van der Waals surface area contributed by atoms with Gasteiger partial charge in [0.2, 0.25) is 5.75 Å². The molecule has 0 amide bonds. The van der Waals surface area contributed by atoms with Crippen molar-refractivity contribution in [1.29, 1.82) is 0 Å². The Morgan fingerprint density at radius 1 is 1.19 bits per heavy atom. The van der Waals surface area contributed by atoms with Gasteiger partial charge in [-0.2, -0.15) is 0 Å². The van der Waals surface area contributed by atoms with Gasteiger partial charge in [0.25, 0.3) is 0 Å². The Balaban J connectivity index is 0.00000163. The predicted molar refractivity (Wildman–Crippen MR) is 104 cm³/mol. The van der Waals surface area contributed by atoms with Crippen molar-refractivity contribution < 1.29 is 14.4 Å². The lowest BCUT2D eigenvalue weighted by Crippen LogP contribution is -2.00. The Morgan fingerprint density at radius 2 is 1.88 bits per heavy atom. The van der Waals surface area contributed by atoms with Crippen molar-refractivity contribution in [3.63, 3.8) is 0 Å². The molecule has 0 atom stereocenters. The summed E-state index contributed by atoms with van der Waals surface area (Å²) in [5.41, 5.74) is 0.793. The van der Waals surface area contributed by atoms with Crippen LogP contribution in [0.4, 0.5) is 5.69 Å². The molecule has 0 N–H and O–H groups in total. The number of nitrogens with zero attached hydrogens (tertiary/aromatic N) is 1. The van der Waals surface area contributed by atoms with E-state index in [0.717, 1.165) is 5.56 Å². The van der Waals surface area contributed by atoms with Gasteiger partial charge in [0, 0.05) is 12.1 Å². The fourth-order valence-corrected chi connectivity index (χ4v) is 1.92. The largest absolute Gasteiger partial charge is 0.482 e. The molecule has 0 bridgehead atoms. The number of rotatable bonds is 8. The molecule has 2 aromatic rings. The number of allylic oxidation sites excluding steroid dienone is 3. The van der Waals surface area contributed by atoms with E-state index in [1.165, 1.54) is 18.2 Å². The quantitative estimate of drug-likeness (QED) is 0.259. The summed E-state index contributed by atoms with van der Waals surface area (Å²) in [5.74, 6) is 0.932. The lowest BCUT2D eigenvalue weighted by atomic mass is 10.2. The topological polar surface area (TPSA) is 61.6 Å². The van der Waals surface area contributed by atoms with Crippen molar-refractivity contribution in [1.82, 2.24) is 0 Å². The van der Waals surface area contributed by atoms with Gasteiger partial charge in [-0.25, -0.2) is 0 Å². The fourth-order valence-electron chi connectivity index (χ4n) is 1.92. The molecular formula is C21H23NO4. The van der Waals surface area contributed by atoms with E-state index in [1.54, 1.807) is 18.2 Å². The summed E-state index contributed by atoms with van der Waals surface area (Å²) >= 11 is 0. The number of ether oxygens (including phenoxy) is 2. The van der Waals surface area contributed by atoms with E-state index in [4.69, 9.17) is 9.47 Å². The van der Waals surface area contributed by atoms with Crippen LogP contribution in [0.5, 0.6) is 11.5 Å². The summed E-state index contributed by atoms with van der Waals surface area (Å²) in [7, 11) is 0. The average molecular weight is 353 g/mol. The van der Waals surface area contributed by atoms with Crippen LogP contribution < -0.4 is 9.47 Å². The third-order valence-electron chi connectivity index (χ3n) is 3.03. The lowest BCUT2D eigenvalue weighted by molar-refractivity contribution is -0.386. The van der Waals surface area contributed by atoms with Gasteiger partial charge in [-0.3, -0.25) is 10.1 Å². The predicted octanol–water partition coefficient (Wildman–Crippen LogP) is 5.83. The zero-order chi connectivity index (χ0) is 19.4. The Labute approximate surface area is 154 Å². The zero-order valence-electron chi connectivity index (χ0n) is 15.1. The molecule has 2 aromatic carbocycles. The van der Waals surface area contributed by atoms with Crippen LogP contribution in [-0.2, 0) is 6.61 Å². The fraction of sp³-hybridized carbons (Fsp3) is 0.143. The van der Waals surface area contributed by atoms with E-state index in [0.29, 0.717) is 11.5 Å². The van der Waals surface area contributed by atoms with E-state index >= 15 is 0 Å². The normalized spacial score (nSPS) is 9.77. The first-order valence-electron chi connectivity index (χ1n) is 8.21. The number of nitro benzene ring substituents is 1. The second kappa shape index (κ2) is 11.3. The Morgan fingerprint density at radius 3 is 2.50 bits per heavy atom. The summed E-state index contributed by atoms with van der Waals surface area (Å²) < 4.78 is 11.1. The second-order valence-corrected chi connectivity index (χ2v) is 4.82. The molecule has 0 saturated carbocycles. The maximum Gasteiger partial charge on any atom is 0.311 e. The molecular weight excluding hydrogens is 330 g/mol. The average Bonchev–Trinajstić information content (AvgIpc) is 2.67. The molecule has 0 aliphatic rings. The molecule has 0 spiro atoms. The number of nitro groups is 1. The van der Waals surface area contributed by atoms with E-state index < -0.39 is 4.92 Å². The molecule has 0 heterocycles. The summed E-state index contributed by atoms with van der Waals surface area (Å²) in [5, 5.41) is 11.2. The number of benzene rings is 2. The first-order chi connectivity index (χ1) is 12.6. The first-order valence-corrected chi connectivity index (χ1v) is 8.21. The van der Waals surface area contributed by atoms with Gasteiger partial charge < -0.3 is 9.47 Å². The molecule has 0 fully saturated rings. The van der Waals surface area contributed by atoms with Gasteiger partial charge in [0.05, 0.1) is 4.92 Å². The third kappa shape index (κ3) is 6.65. The number of hydrogen-bond donors (Lipinski definition) is 0. The molecule has 2 rings (SSSR count). The van der Waals surface area contributed by atoms with E-state index in [-0.39, 0.29) is 18.0 Å². The maximum atomic E-state index is 11.2. The zero-order valence-corrected chi connectivity index (χ0v) is 15.1. The monoisotopic (exact) mass is 353 g/mol. The summed E-state index contributed by atoms with van der Waals surface area (Å²) in [6.07, 6.45) is 4.91. The van der Waals surface area contributed by atoms with Crippen LogP contribution in [-0.4, -0.2) is 4.92 Å². The van der Waals surface area contributed by atoms with Crippen molar-refractivity contribution in [2.24, 2.45) is 0 Å². The van der Waals surface area contributed by atoms with Crippen molar-refractivity contribution in [3.8, 4) is 11.5 Å². The SMILES string of the molecule is C=C/C=C\C(=C)Oc1ccc([N+](=O)[O-])c(OCc2ccccc2)c1.CC. The minimum atomic E-state index is -0.490. The van der Waals surface area contributed by atoms with Crippen molar-refractivity contribution in [2.45, 2.75) is 20.5 Å². The van der Waals surface area contributed by atoms with Crippen LogP contribution in [0.25, 0.3) is 0 Å². The van der Waals surface area contributed by atoms with E-state index in [9.17, 15) is 10.1 Å². The molecule has 0 radical (unpaired) electrons. The summed E-state index contributed by atoms with van der Waals surface area (Å²) in [6.45, 7) is 11.5. The van der Waals surface area contributed by atoms with Gasteiger partial charge in [-0.1, -0.05) is 69.5 Å². The highest BCUT2D eigenvalue weighted by Gasteiger charge is 2.16. The van der Waals surface area contributed by atoms with Crippen LogP contribution in [0.15, 0.2) is 85.7 Å². The van der Waals surface area contributed by atoms with E-state index in [2.05, 4.69) is 13.2 Å². The van der Waals surface area contributed by atoms with Crippen molar-refractivity contribution >= 4 is 5.69 Å².